The Morgan fingerprint density at radius 3 is 2.72 bits per heavy atom. The van der Waals surface area contributed by atoms with Crippen LogP contribution in [0.3, 0.4) is 0 Å². The lowest BCUT2D eigenvalue weighted by Crippen LogP contribution is -2.54. The Morgan fingerprint density at radius 1 is 1.22 bits per heavy atom. The van der Waals surface area contributed by atoms with Crippen LogP contribution in [-0.2, 0) is 32.8 Å². The smallest absolute Gasteiger partial charge is 0.330 e. The standard InChI is InChI=1S/C24H21FN2O4S/c25-12-19-11-21(9-7-18(19)13-26)27-14-22-17-6-8-20(10-17)24(22,32(27,29)30)23(28)31-15-16-4-2-1-3-5-16/h1-9,11,17,20,22H,10,12,14-15H2/t17-,20+,22-,24+/m0/s1. The summed E-state index contributed by atoms with van der Waals surface area (Å²) in [6, 6.07) is 15.3. The molecule has 8 heteroatoms. The minimum atomic E-state index is -4.16. The summed E-state index contributed by atoms with van der Waals surface area (Å²) in [5, 5.41) is 9.17. The average Bonchev–Trinajstić information content (AvgIpc) is 3.48. The molecule has 0 spiro atoms. The first-order valence-electron chi connectivity index (χ1n) is 10.4. The van der Waals surface area contributed by atoms with Gasteiger partial charge in [-0.05, 0) is 36.1 Å². The van der Waals surface area contributed by atoms with Crippen LogP contribution in [0.1, 0.15) is 23.1 Å². The minimum absolute atomic E-state index is 0.00632. The molecule has 0 aromatic heterocycles. The van der Waals surface area contributed by atoms with Crippen LogP contribution in [0, 0.1) is 29.1 Å². The molecule has 2 fully saturated rings. The summed E-state index contributed by atoms with van der Waals surface area (Å²) in [5.41, 5.74) is 1.32. The molecule has 1 saturated heterocycles. The summed E-state index contributed by atoms with van der Waals surface area (Å²) < 4.78 is 46.4. The van der Waals surface area contributed by atoms with Crippen molar-refractivity contribution in [2.45, 2.75) is 24.4 Å². The van der Waals surface area contributed by atoms with Crippen LogP contribution in [0.5, 0.6) is 0 Å². The molecule has 3 aliphatic rings. The zero-order valence-corrected chi connectivity index (χ0v) is 18.0. The molecule has 6 nitrogen and oxygen atoms in total. The minimum Gasteiger partial charge on any atom is -0.460 e. The van der Waals surface area contributed by atoms with Crippen molar-refractivity contribution in [2.75, 3.05) is 10.8 Å². The highest BCUT2D eigenvalue weighted by Crippen LogP contribution is 2.60. The van der Waals surface area contributed by atoms with Gasteiger partial charge in [0.25, 0.3) is 10.0 Å². The van der Waals surface area contributed by atoms with E-state index < -0.39 is 39.3 Å². The number of alkyl halides is 1. The SMILES string of the molecule is N#Cc1ccc(N2C[C@H]3[C@H]4C=C[C@H](C4)[C@@]3(C(=O)OCc3ccccc3)S2(=O)=O)cc1CF. The molecular weight excluding hydrogens is 431 g/mol. The Balaban J connectivity index is 1.53. The number of hydrogen-bond donors (Lipinski definition) is 0. The van der Waals surface area contributed by atoms with E-state index in [9.17, 15) is 17.6 Å². The highest BCUT2D eigenvalue weighted by Gasteiger charge is 2.74. The number of sulfonamides is 1. The number of allylic oxidation sites excluding steroid dienone is 2. The summed E-state index contributed by atoms with van der Waals surface area (Å²) >= 11 is 0. The van der Waals surface area contributed by atoms with Crippen LogP contribution < -0.4 is 4.31 Å². The van der Waals surface area contributed by atoms with Gasteiger partial charge in [0.05, 0.1) is 17.3 Å². The molecule has 2 aromatic carbocycles. The van der Waals surface area contributed by atoms with Gasteiger partial charge in [-0.3, -0.25) is 9.10 Å². The van der Waals surface area contributed by atoms with Crippen molar-refractivity contribution in [1.82, 2.24) is 0 Å². The summed E-state index contributed by atoms with van der Waals surface area (Å²) in [7, 11) is -4.16. The number of rotatable bonds is 5. The second-order valence-corrected chi connectivity index (χ2v) is 10.5. The van der Waals surface area contributed by atoms with Crippen molar-refractivity contribution in [2.24, 2.45) is 17.8 Å². The maximum absolute atomic E-state index is 13.9. The molecule has 2 aromatic rings. The molecule has 0 radical (unpaired) electrons. The number of esters is 1. The fraction of sp³-hybridized carbons (Fsp3) is 0.333. The molecule has 0 amide bonds. The van der Waals surface area contributed by atoms with Crippen molar-refractivity contribution >= 4 is 21.7 Å². The third-order valence-corrected chi connectivity index (χ3v) is 9.55. The van der Waals surface area contributed by atoms with E-state index in [0.29, 0.717) is 6.42 Å². The maximum Gasteiger partial charge on any atom is 0.330 e. The van der Waals surface area contributed by atoms with Crippen molar-refractivity contribution in [1.29, 1.82) is 5.26 Å². The van der Waals surface area contributed by atoms with Gasteiger partial charge in [-0.25, -0.2) is 12.8 Å². The summed E-state index contributed by atoms with van der Waals surface area (Å²) in [5.74, 6) is -1.68. The molecule has 5 rings (SSSR count). The van der Waals surface area contributed by atoms with Crippen molar-refractivity contribution < 1.29 is 22.3 Å². The molecule has 164 valence electrons. The number of ether oxygens (including phenoxy) is 1. The molecule has 32 heavy (non-hydrogen) atoms. The predicted octanol–water partition coefficient (Wildman–Crippen LogP) is 3.48. The lowest BCUT2D eigenvalue weighted by Gasteiger charge is -2.32. The second-order valence-electron chi connectivity index (χ2n) is 8.48. The van der Waals surface area contributed by atoms with Gasteiger partial charge in [-0.2, -0.15) is 5.26 Å². The summed E-state index contributed by atoms with van der Waals surface area (Å²) in [6.45, 7) is -0.773. The second kappa shape index (κ2) is 7.45. The third-order valence-electron chi connectivity index (χ3n) is 6.99. The van der Waals surface area contributed by atoms with E-state index in [1.54, 1.807) is 0 Å². The maximum atomic E-state index is 13.9. The van der Waals surface area contributed by atoms with Gasteiger partial charge < -0.3 is 4.74 Å². The number of hydrogen-bond acceptors (Lipinski definition) is 5. The van der Waals surface area contributed by atoms with Gasteiger partial charge in [0.15, 0.2) is 4.75 Å². The quantitative estimate of drug-likeness (QED) is 0.512. The van der Waals surface area contributed by atoms with E-state index in [0.717, 1.165) is 5.56 Å². The van der Waals surface area contributed by atoms with Gasteiger partial charge in [0.1, 0.15) is 13.3 Å². The zero-order valence-electron chi connectivity index (χ0n) is 17.1. The number of nitrogens with zero attached hydrogens (tertiary/aromatic N) is 2. The Kier molecular flexibility index (Phi) is 4.82. The van der Waals surface area contributed by atoms with Crippen molar-refractivity contribution in [3.05, 3.63) is 77.4 Å². The molecular formula is C24H21FN2O4S. The van der Waals surface area contributed by atoms with Gasteiger partial charge in [-0.15, -0.1) is 0 Å². The van der Waals surface area contributed by atoms with E-state index >= 15 is 0 Å². The average molecular weight is 453 g/mol. The fourth-order valence-corrected chi connectivity index (χ4v) is 8.06. The Labute approximate surface area is 186 Å². The highest BCUT2D eigenvalue weighted by molar-refractivity contribution is 7.95. The predicted molar refractivity (Wildman–Crippen MR) is 115 cm³/mol. The summed E-state index contributed by atoms with van der Waals surface area (Å²) in [6.07, 6.45) is 4.40. The lowest BCUT2D eigenvalue weighted by molar-refractivity contribution is -0.150. The molecule has 1 saturated carbocycles. The van der Waals surface area contributed by atoms with Crippen LogP contribution in [0.15, 0.2) is 60.7 Å². The molecule has 1 aliphatic heterocycles. The largest absolute Gasteiger partial charge is 0.460 e. The number of halogens is 1. The molecule has 0 N–H and O–H groups in total. The highest BCUT2D eigenvalue weighted by atomic mass is 32.2. The number of nitriles is 1. The van der Waals surface area contributed by atoms with Crippen LogP contribution in [0.4, 0.5) is 10.1 Å². The monoisotopic (exact) mass is 452 g/mol. The Hall–Kier alpha value is -3.18. The number of fused-ring (bicyclic) bond motifs is 5. The fourth-order valence-electron chi connectivity index (χ4n) is 5.49. The lowest BCUT2D eigenvalue weighted by atomic mass is 9.82. The first kappa shape index (κ1) is 20.7. The van der Waals surface area contributed by atoms with Crippen LogP contribution in [-0.4, -0.2) is 25.7 Å². The van der Waals surface area contributed by atoms with Crippen LogP contribution in [0.25, 0.3) is 0 Å². The molecule has 2 bridgehead atoms. The Bertz CT molecular complexity index is 1250. The van der Waals surface area contributed by atoms with Gasteiger partial charge in [0, 0.05) is 23.9 Å². The molecule has 2 aliphatic carbocycles. The van der Waals surface area contributed by atoms with E-state index in [4.69, 9.17) is 10.00 Å². The van der Waals surface area contributed by atoms with E-state index in [1.807, 2.05) is 48.6 Å². The van der Waals surface area contributed by atoms with E-state index in [-0.39, 0.29) is 35.9 Å². The van der Waals surface area contributed by atoms with Gasteiger partial charge in [0.2, 0.25) is 0 Å². The first-order valence-corrected chi connectivity index (χ1v) is 11.9. The number of benzene rings is 2. The van der Waals surface area contributed by atoms with E-state index in [1.165, 1.54) is 22.5 Å². The normalized spacial score (nSPS) is 29.0. The first-order chi connectivity index (χ1) is 15.4. The molecule has 1 heterocycles. The van der Waals surface area contributed by atoms with Gasteiger partial charge >= 0.3 is 5.97 Å². The number of carbonyl (C=O) groups excluding carboxylic acids is 1. The van der Waals surface area contributed by atoms with E-state index in [2.05, 4.69) is 0 Å². The zero-order chi connectivity index (χ0) is 22.5. The van der Waals surface area contributed by atoms with Crippen LogP contribution >= 0.6 is 0 Å². The van der Waals surface area contributed by atoms with Crippen LogP contribution in [0.2, 0.25) is 0 Å². The van der Waals surface area contributed by atoms with Gasteiger partial charge in [-0.1, -0.05) is 42.5 Å². The number of anilines is 1. The topological polar surface area (TPSA) is 87.5 Å². The molecule has 0 unspecified atom stereocenters. The third kappa shape index (κ3) is 2.74. The summed E-state index contributed by atoms with van der Waals surface area (Å²) in [4.78, 5) is 13.5. The van der Waals surface area contributed by atoms with Crippen molar-refractivity contribution in [3.8, 4) is 6.07 Å². The Morgan fingerprint density at radius 2 is 2.00 bits per heavy atom. The van der Waals surface area contributed by atoms with Crippen molar-refractivity contribution in [3.63, 3.8) is 0 Å². The molecule has 4 atom stereocenters. The number of carbonyl (C=O) groups is 1.